The van der Waals surface area contributed by atoms with Crippen LogP contribution in [0.25, 0.3) is 5.57 Å². The molecule has 1 aromatic carbocycles. The predicted octanol–water partition coefficient (Wildman–Crippen LogP) is 2.91. The van der Waals surface area contributed by atoms with Gasteiger partial charge in [0.1, 0.15) is 12.4 Å². The van der Waals surface area contributed by atoms with Crippen LogP contribution in [-0.4, -0.2) is 17.7 Å². The summed E-state index contributed by atoms with van der Waals surface area (Å²) in [4.78, 5) is 11.7. The lowest BCUT2D eigenvalue weighted by Gasteiger charge is -2.16. The number of carbonyl (C=O) groups excluding carboxylic acids is 1. The topological polar surface area (TPSA) is 46.5 Å². The molecule has 0 radical (unpaired) electrons. The van der Waals surface area contributed by atoms with Gasteiger partial charge in [0.25, 0.3) is 0 Å². The molecule has 0 unspecified atom stereocenters. The molecule has 3 rings (SSSR count). The van der Waals surface area contributed by atoms with E-state index in [1.807, 2.05) is 13.0 Å². The molecule has 3 heteroatoms. The first-order valence-corrected chi connectivity index (χ1v) is 6.31. The highest BCUT2D eigenvalue weighted by atomic mass is 16.5. The second-order valence-corrected chi connectivity index (χ2v) is 5.20. The van der Waals surface area contributed by atoms with E-state index < -0.39 is 0 Å². The molecule has 0 bridgehead atoms. The Bertz CT molecular complexity index is 569. The Morgan fingerprint density at radius 2 is 2.11 bits per heavy atom. The van der Waals surface area contributed by atoms with Crippen molar-refractivity contribution in [3.8, 4) is 5.75 Å². The first-order chi connectivity index (χ1) is 8.58. The number of rotatable bonds is 0. The van der Waals surface area contributed by atoms with Crippen molar-refractivity contribution in [2.75, 3.05) is 6.61 Å². The number of aromatic hydroxyl groups is 1. The van der Waals surface area contributed by atoms with E-state index in [1.54, 1.807) is 6.07 Å². The van der Waals surface area contributed by atoms with Crippen LogP contribution in [0.4, 0.5) is 0 Å². The molecule has 0 aromatic heterocycles. The van der Waals surface area contributed by atoms with E-state index in [0.29, 0.717) is 12.5 Å². The van der Waals surface area contributed by atoms with Gasteiger partial charge in [-0.3, -0.25) is 0 Å². The Morgan fingerprint density at radius 3 is 2.89 bits per heavy atom. The molecule has 0 fully saturated rings. The van der Waals surface area contributed by atoms with Gasteiger partial charge in [-0.05, 0) is 48.4 Å². The van der Waals surface area contributed by atoms with Crippen molar-refractivity contribution < 1.29 is 14.6 Å². The van der Waals surface area contributed by atoms with E-state index in [2.05, 4.69) is 6.92 Å². The summed E-state index contributed by atoms with van der Waals surface area (Å²) in [5, 5.41) is 9.89. The van der Waals surface area contributed by atoms with E-state index in [1.165, 1.54) is 5.56 Å². The molecule has 0 saturated carbocycles. The Kier molecular flexibility index (Phi) is 2.44. The van der Waals surface area contributed by atoms with Gasteiger partial charge >= 0.3 is 5.97 Å². The number of phenols is 1. The van der Waals surface area contributed by atoms with Gasteiger partial charge in [0, 0.05) is 11.1 Å². The smallest absolute Gasteiger partial charge is 0.334 e. The molecule has 1 atom stereocenters. The van der Waals surface area contributed by atoms with Crippen LogP contribution in [0.1, 0.15) is 42.4 Å². The largest absolute Gasteiger partial charge is 0.508 e. The first kappa shape index (κ1) is 11.3. The molecular weight excluding hydrogens is 228 g/mol. The molecule has 0 saturated heterocycles. The molecule has 1 aromatic rings. The summed E-state index contributed by atoms with van der Waals surface area (Å²) < 4.78 is 5.12. The fourth-order valence-corrected chi connectivity index (χ4v) is 2.83. The van der Waals surface area contributed by atoms with E-state index in [-0.39, 0.29) is 11.7 Å². The number of hydrogen-bond donors (Lipinski definition) is 1. The summed E-state index contributed by atoms with van der Waals surface area (Å²) in [5.41, 5.74) is 4.85. The third-order valence-electron chi connectivity index (χ3n) is 4.01. The van der Waals surface area contributed by atoms with Crippen molar-refractivity contribution in [1.82, 2.24) is 0 Å². The lowest BCUT2D eigenvalue weighted by molar-refractivity contribution is -0.136. The molecule has 2 aliphatic rings. The number of ether oxygens (including phenoxy) is 1. The summed E-state index contributed by atoms with van der Waals surface area (Å²) in [5.74, 6) is 0.497. The zero-order valence-corrected chi connectivity index (χ0v) is 10.6. The van der Waals surface area contributed by atoms with Gasteiger partial charge in [0.15, 0.2) is 0 Å². The average molecular weight is 244 g/mol. The summed E-state index contributed by atoms with van der Waals surface area (Å²) in [6.07, 6.45) is 1.72. The van der Waals surface area contributed by atoms with Gasteiger partial charge in [-0.15, -0.1) is 0 Å². The monoisotopic (exact) mass is 244 g/mol. The average Bonchev–Trinajstić information content (AvgIpc) is 2.64. The molecular formula is C15H16O3. The van der Waals surface area contributed by atoms with Crippen LogP contribution in [0.15, 0.2) is 17.7 Å². The molecule has 1 aliphatic heterocycles. The lowest BCUT2D eigenvalue weighted by atomic mass is 9.90. The van der Waals surface area contributed by atoms with Crippen LogP contribution in [0.2, 0.25) is 0 Å². The van der Waals surface area contributed by atoms with Crippen molar-refractivity contribution in [3.63, 3.8) is 0 Å². The third kappa shape index (κ3) is 1.54. The van der Waals surface area contributed by atoms with Crippen molar-refractivity contribution in [3.05, 3.63) is 34.4 Å². The van der Waals surface area contributed by atoms with E-state index >= 15 is 0 Å². The zero-order chi connectivity index (χ0) is 12.9. The summed E-state index contributed by atoms with van der Waals surface area (Å²) in [6, 6.07) is 3.82. The fraction of sp³-hybridized carbons (Fsp3) is 0.400. The highest BCUT2D eigenvalue weighted by molar-refractivity contribution is 6.02. The van der Waals surface area contributed by atoms with Gasteiger partial charge in [0.05, 0.1) is 0 Å². The van der Waals surface area contributed by atoms with Crippen molar-refractivity contribution >= 4 is 11.5 Å². The van der Waals surface area contributed by atoms with Gasteiger partial charge < -0.3 is 9.84 Å². The minimum Gasteiger partial charge on any atom is -0.508 e. The zero-order valence-electron chi connectivity index (χ0n) is 10.6. The number of aryl methyl sites for hydroxylation is 1. The Labute approximate surface area is 106 Å². The van der Waals surface area contributed by atoms with E-state index in [0.717, 1.165) is 35.1 Å². The van der Waals surface area contributed by atoms with Crippen molar-refractivity contribution in [2.45, 2.75) is 32.6 Å². The fourth-order valence-electron chi connectivity index (χ4n) is 2.83. The number of benzene rings is 1. The number of hydrogen-bond acceptors (Lipinski definition) is 3. The molecule has 18 heavy (non-hydrogen) atoms. The normalized spacial score (nSPS) is 22.3. The van der Waals surface area contributed by atoms with E-state index in [4.69, 9.17) is 4.74 Å². The summed E-state index contributed by atoms with van der Waals surface area (Å²) in [7, 11) is 0. The van der Waals surface area contributed by atoms with Crippen LogP contribution >= 0.6 is 0 Å². The third-order valence-corrected chi connectivity index (χ3v) is 4.01. The number of phenolic OH excluding ortho intramolecular Hbond substituents is 1. The van der Waals surface area contributed by atoms with Crippen molar-refractivity contribution in [2.24, 2.45) is 0 Å². The maximum Gasteiger partial charge on any atom is 0.334 e. The molecule has 3 nitrogen and oxygen atoms in total. The molecule has 0 spiro atoms. The van der Waals surface area contributed by atoms with Gasteiger partial charge in [-0.2, -0.15) is 0 Å². The molecule has 1 heterocycles. The minimum atomic E-state index is -0.190. The van der Waals surface area contributed by atoms with Gasteiger partial charge in [-0.1, -0.05) is 13.0 Å². The van der Waals surface area contributed by atoms with Crippen LogP contribution in [-0.2, 0) is 9.53 Å². The minimum absolute atomic E-state index is 0.190. The second-order valence-electron chi connectivity index (χ2n) is 5.20. The summed E-state index contributed by atoms with van der Waals surface area (Å²) in [6.45, 7) is 4.41. The maximum absolute atomic E-state index is 11.7. The number of carbonyl (C=O) groups is 1. The SMILES string of the molecule is Cc1cc2c(cc1O)C1=C(CC[C@H]2C)C(=O)OC1. The Morgan fingerprint density at radius 1 is 1.33 bits per heavy atom. The maximum atomic E-state index is 11.7. The summed E-state index contributed by atoms with van der Waals surface area (Å²) >= 11 is 0. The van der Waals surface area contributed by atoms with Crippen LogP contribution in [0.3, 0.4) is 0 Å². The standard InChI is InChI=1S/C15H16O3/c1-8-3-4-10-13(7-18-15(10)17)12-6-14(16)9(2)5-11(8)12/h5-6,8,16H,3-4,7H2,1-2H3/t8-/m1/s1. The Hall–Kier alpha value is -1.77. The van der Waals surface area contributed by atoms with Crippen LogP contribution < -0.4 is 0 Å². The van der Waals surface area contributed by atoms with Crippen molar-refractivity contribution in [1.29, 1.82) is 0 Å². The number of cyclic esters (lactones) is 1. The van der Waals surface area contributed by atoms with Gasteiger partial charge in [-0.25, -0.2) is 4.79 Å². The number of esters is 1. The second kappa shape index (κ2) is 3.87. The highest BCUT2D eigenvalue weighted by Gasteiger charge is 2.31. The predicted molar refractivity (Wildman–Crippen MR) is 68.4 cm³/mol. The highest BCUT2D eigenvalue weighted by Crippen LogP contribution is 2.41. The van der Waals surface area contributed by atoms with Crippen LogP contribution in [0.5, 0.6) is 5.75 Å². The van der Waals surface area contributed by atoms with Gasteiger partial charge in [0.2, 0.25) is 0 Å². The van der Waals surface area contributed by atoms with E-state index in [9.17, 15) is 9.90 Å². The molecule has 1 aliphatic carbocycles. The molecule has 1 N–H and O–H groups in total. The molecule has 0 amide bonds. The lowest BCUT2D eigenvalue weighted by Crippen LogP contribution is -2.02. The Balaban J connectivity index is 2.25. The molecule has 94 valence electrons. The quantitative estimate of drug-likeness (QED) is 0.714. The van der Waals surface area contributed by atoms with Crippen LogP contribution in [0, 0.1) is 6.92 Å². The number of fused-ring (bicyclic) bond motifs is 2. The first-order valence-electron chi connectivity index (χ1n) is 6.31.